The van der Waals surface area contributed by atoms with Gasteiger partial charge in [-0.25, -0.2) is 0 Å². The van der Waals surface area contributed by atoms with Gasteiger partial charge in [-0.15, -0.1) is 0 Å². The monoisotopic (exact) mass is 309 g/mol. The maximum Gasteiger partial charge on any atom is 0.122 e. The van der Waals surface area contributed by atoms with Crippen molar-refractivity contribution in [2.24, 2.45) is 5.73 Å². The smallest absolute Gasteiger partial charge is 0.122 e. The SMILES string of the molecule is COc1ccc(Cl)cc1CC(C)(N)c1cccc(Cl)c1. The van der Waals surface area contributed by atoms with Crippen molar-refractivity contribution < 1.29 is 4.74 Å². The Balaban J connectivity index is 2.35. The Morgan fingerprint density at radius 2 is 1.80 bits per heavy atom. The highest BCUT2D eigenvalue weighted by Crippen LogP contribution is 2.30. The first-order chi connectivity index (χ1) is 9.42. The van der Waals surface area contributed by atoms with Crippen LogP contribution in [0.4, 0.5) is 0 Å². The fraction of sp³-hybridized carbons (Fsp3) is 0.250. The van der Waals surface area contributed by atoms with Crippen molar-refractivity contribution in [2.45, 2.75) is 18.9 Å². The lowest BCUT2D eigenvalue weighted by Gasteiger charge is -2.26. The third-order valence-electron chi connectivity index (χ3n) is 3.28. The summed E-state index contributed by atoms with van der Waals surface area (Å²) in [6.45, 7) is 1.97. The predicted octanol–water partition coefficient (Wildman–Crippen LogP) is 4.42. The van der Waals surface area contributed by atoms with E-state index in [0.717, 1.165) is 16.9 Å². The van der Waals surface area contributed by atoms with Crippen molar-refractivity contribution in [1.82, 2.24) is 0 Å². The molecule has 0 aromatic heterocycles. The molecule has 2 rings (SSSR count). The fourth-order valence-electron chi connectivity index (χ4n) is 2.23. The van der Waals surface area contributed by atoms with Gasteiger partial charge in [-0.3, -0.25) is 0 Å². The summed E-state index contributed by atoms with van der Waals surface area (Å²) in [5.41, 5.74) is 7.86. The molecular weight excluding hydrogens is 293 g/mol. The van der Waals surface area contributed by atoms with Crippen molar-refractivity contribution in [1.29, 1.82) is 0 Å². The number of nitrogens with two attached hydrogens (primary N) is 1. The van der Waals surface area contributed by atoms with E-state index in [0.29, 0.717) is 16.5 Å². The zero-order valence-electron chi connectivity index (χ0n) is 11.5. The van der Waals surface area contributed by atoms with Crippen molar-refractivity contribution in [3.05, 3.63) is 63.6 Å². The van der Waals surface area contributed by atoms with Gasteiger partial charge in [0.2, 0.25) is 0 Å². The van der Waals surface area contributed by atoms with E-state index in [1.54, 1.807) is 13.2 Å². The Morgan fingerprint density at radius 1 is 1.10 bits per heavy atom. The Hall–Kier alpha value is -1.22. The zero-order chi connectivity index (χ0) is 14.8. The number of methoxy groups -OCH3 is 1. The Kier molecular flexibility index (Phi) is 4.59. The maximum atomic E-state index is 6.46. The molecule has 106 valence electrons. The summed E-state index contributed by atoms with van der Waals surface area (Å²) in [7, 11) is 1.64. The average molecular weight is 310 g/mol. The van der Waals surface area contributed by atoms with E-state index < -0.39 is 5.54 Å². The lowest BCUT2D eigenvalue weighted by molar-refractivity contribution is 0.400. The van der Waals surface area contributed by atoms with E-state index in [1.807, 2.05) is 43.3 Å². The van der Waals surface area contributed by atoms with Crippen LogP contribution in [0.1, 0.15) is 18.1 Å². The van der Waals surface area contributed by atoms with E-state index in [2.05, 4.69) is 0 Å². The van der Waals surface area contributed by atoms with Crippen LogP contribution in [0, 0.1) is 0 Å². The summed E-state index contributed by atoms with van der Waals surface area (Å²) >= 11 is 12.1. The van der Waals surface area contributed by atoms with Crippen LogP contribution in [-0.2, 0) is 12.0 Å². The number of ether oxygens (including phenoxy) is 1. The molecule has 0 aliphatic heterocycles. The molecule has 2 aromatic carbocycles. The molecule has 0 heterocycles. The van der Waals surface area contributed by atoms with E-state index >= 15 is 0 Å². The fourth-order valence-corrected chi connectivity index (χ4v) is 2.61. The van der Waals surface area contributed by atoms with Crippen molar-refractivity contribution in [3.63, 3.8) is 0 Å². The molecule has 0 saturated heterocycles. The average Bonchev–Trinajstić information content (AvgIpc) is 2.38. The van der Waals surface area contributed by atoms with Gasteiger partial charge in [0.25, 0.3) is 0 Å². The summed E-state index contributed by atoms with van der Waals surface area (Å²) < 4.78 is 5.37. The second-order valence-electron chi connectivity index (χ2n) is 5.06. The lowest BCUT2D eigenvalue weighted by atomic mass is 9.86. The molecule has 1 unspecified atom stereocenters. The lowest BCUT2D eigenvalue weighted by Crippen LogP contribution is -2.35. The van der Waals surface area contributed by atoms with Crippen molar-refractivity contribution in [2.75, 3.05) is 7.11 Å². The van der Waals surface area contributed by atoms with E-state index in [1.165, 1.54) is 0 Å². The molecule has 2 nitrogen and oxygen atoms in total. The Bertz CT molecular complexity index is 611. The highest BCUT2D eigenvalue weighted by Gasteiger charge is 2.23. The summed E-state index contributed by atoms with van der Waals surface area (Å²) in [5.74, 6) is 0.785. The molecule has 2 N–H and O–H groups in total. The maximum absolute atomic E-state index is 6.46. The Morgan fingerprint density at radius 3 is 2.45 bits per heavy atom. The van der Waals surface area contributed by atoms with E-state index in [4.69, 9.17) is 33.7 Å². The van der Waals surface area contributed by atoms with Gasteiger partial charge in [0, 0.05) is 15.6 Å². The van der Waals surface area contributed by atoms with E-state index in [-0.39, 0.29) is 0 Å². The summed E-state index contributed by atoms with van der Waals surface area (Å²) in [5, 5.41) is 1.35. The third kappa shape index (κ3) is 3.45. The largest absolute Gasteiger partial charge is 0.496 e. The van der Waals surface area contributed by atoms with Crippen LogP contribution in [0.3, 0.4) is 0 Å². The molecule has 0 amide bonds. The highest BCUT2D eigenvalue weighted by molar-refractivity contribution is 6.31. The highest BCUT2D eigenvalue weighted by atomic mass is 35.5. The molecule has 0 radical (unpaired) electrons. The molecule has 20 heavy (non-hydrogen) atoms. The quantitative estimate of drug-likeness (QED) is 0.907. The Labute approximate surface area is 129 Å². The van der Waals surface area contributed by atoms with Crippen LogP contribution in [0.5, 0.6) is 5.75 Å². The molecule has 0 aliphatic carbocycles. The minimum Gasteiger partial charge on any atom is -0.496 e. The van der Waals surface area contributed by atoms with Crippen LogP contribution in [0.2, 0.25) is 10.0 Å². The standard InChI is InChI=1S/C16H17Cl2NO/c1-16(19,12-4-3-5-13(17)9-12)10-11-8-14(18)6-7-15(11)20-2/h3-9H,10,19H2,1-2H3. The van der Waals surface area contributed by atoms with Gasteiger partial charge < -0.3 is 10.5 Å². The first-order valence-corrected chi connectivity index (χ1v) is 7.05. The second-order valence-corrected chi connectivity index (χ2v) is 5.93. The van der Waals surface area contributed by atoms with Crippen LogP contribution in [0.25, 0.3) is 0 Å². The van der Waals surface area contributed by atoms with Gasteiger partial charge >= 0.3 is 0 Å². The van der Waals surface area contributed by atoms with Crippen molar-refractivity contribution >= 4 is 23.2 Å². The molecule has 0 saturated carbocycles. The van der Waals surface area contributed by atoms with Gasteiger partial charge in [0.05, 0.1) is 7.11 Å². The van der Waals surface area contributed by atoms with Crippen molar-refractivity contribution in [3.8, 4) is 5.75 Å². The number of hydrogen-bond donors (Lipinski definition) is 1. The van der Waals surface area contributed by atoms with Gasteiger partial charge in [0.1, 0.15) is 5.75 Å². The van der Waals surface area contributed by atoms with Gasteiger partial charge in [-0.2, -0.15) is 0 Å². The van der Waals surface area contributed by atoms with Crippen LogP contribution in [0.15, 0.2) is 42.5 Å². The number of rotatable bonds is 4. The molecule has 0 aliphatic rings. The first kappa shape index (κ1) is 15.2. The number of benzene rings is 2. The van der Waals surface area contributed by atoms with E-state index in [9.17, 15) is 0 Å². The van der Waals surface area contributed by atoms with Gasteiger partial charge in [0.15, 0.2) is 0 Å². The zero-order valence-corrected chi connectivity index (χ0v) is 13.0. The summed E-state index contributed by atoms with van der Waals surface area (Å²) in [6, 6.07) is 13.1. The van der Waals surface area contributed by atoms with Gasteiger partial charge in [-0.1, -0.05) is 35.3 Å². The molecule has 1 atom stereocenters. The molecule has 0 fully saturated rings. The number of halogens is 2. The third-order valence-corrected chi connectivity index (χ3v) is 3.75. The second kappa shape index (κ2) is 6.04. The topological polar surface area (TPSA) is 35.2 Å². The molecule has 0 bridgehead atoms. The number of hydrogen-bond acceptors (Lipinski definition) is 2. The summed E-state index contributed by atoms with van der Waals surface area (Å²) in [6.07, 6.45) is 0.608. The molecule has 2 aromatic rings. The minimum absolute atomic E-state index is 0.553. The minimum atomic E-state index is -0.553. The first-order valence-electron chi connectivity index (χ1n) is 6.30. The van der Waals surface area contributed by atoms with Crippen LogP contribution < -0.4 is 10.5 Å². The summed E-state index contributed by atoms with van der Waals surface area (Å²) in [4.78, 5) is 0. The normalized spacial score (nSPS) is 13.8. The molecule has 0 spiro atoms. The predicted molar refractivity (Wildman–Crippen MR) is 84.7 cm³/mol. The van der Waals surface area contributed by atoms with Crippen LogP contribution >= 0.6 is 23.2 Å². The van der Waals surface area contributed by atoms with Gasteiger partial charge in [-0.05, 0) is 54.8 Å². The van der Waals surface area contributed by atoms with Crippen LogP contribution in [-0.4, -0.2) is 7.11 Å². The molecular formula is C16H17Cl2NO. The molecule has 4 heteroatoms.